The van der Waals surface area contributed by atoms with E-state index in [1.165, 1.54) is 12.8 Å². The number of aromatic nitrogens is 2. The summed E-state index contributed by atoms with van der Waals surface area (Å²) in [6.45, 7) is 4.76. The Balaban J connectivity index is 1.48. The Bertz CT molecular complexity index is 910. The fourth-order valence-electron chi connectivity index (χ4n) is 3.22. The van der Waals surface area contributed by atoms with E-state index >= 15 is 0 Å². The van der Waals surface area contributed by atoms with E-state index in [-0.39, 0.29) is 0 Å². The average Bonchev–Trinajstić information content (AvgIpc) is 3.18. The zero-order valence-corrected chi connectivity index (χ0v) is 18.2. The highest BCUT2D eigenvalue weighted by molar-refractivity contribution is 7.99. The van der Waals surface area contributed by atoms with Crippen molar-refractivity contribution in [1.29, 1.82) is 0 Å². The van der Waals surface area contributed by atoms with E-state index in [0.29, 0.717) is 12.4 Å². The number of hydrogen-bond acceptors (Lipinski definition) is 7. The number of nitrogens with zero attached hydrogens (tertiary/aromatic N) is 2. The monoisotopic (exact) mass is 426 g/mol. The molecule has 5 nitrogen and oxygen atoms in total. The molecule has 4 rings (SSSR count). The summed E-state index contributed by atoms with van der Waals surface area (Å²) in [5.41, 5.74) is 2.13. The van der Waals surface area contributed by atoms with E-state index < -0.39 is 0 Å². The Hall–Kier alpha value is -2.09. The number of thioether (sulfide) groups is 1. The van der Waals surface area contributed by atoms with Crippen molar-refractivity contribution in [2.24, 2.45) is 5.92 Å². The molecule has 1 aliphatic heterocycles. The zero-order chi connectivity index (χ0) is 19.9. The minimum Gasteiger partial charge on any atom is -0.485 e. The standard InChI is InChI=1S/C22H26N4OS2/c1-16-14-29-22(25-16)26-21-20(27-13-17-5-3-2-4-6-17)11-19(12-24-21)28-15-18-7-9-23-10-8-18/h2-6,11-12,14,18,23H,7-10,13,15H2,1H3,(H,24,25,26). The highest BCUT2D eigenvalue weighted by Crippen LogP contribution is 2.33. The Morgan fingerprint density at radius 2 is 2.07 bits per heavy atom. The molecule has 3 heterocycles. The summed E-state index contributed by atoms with van der Waals surface area (Å²) in [6.07, 6.45) is 4.44. The molecule has 0 amide bonds. The van der Waals surface area contributed by atoms with Crippen LogP contribution in [0.4, 0.5) is 10.9 Å². The summed E-state index contributed by atoms with van der Waals surface area (Å²) >= 11 is 3.44. The Morgan fingerprint density at radius 3 is 2.83 bits per heavy atom. The van der Waals surface area contributed by atoms with E-state index in [0.717, 1.165) is 51.8 Å². The second kappa shape index (κ2) is 10.1. The molecule has 2 aromatic heterocycles. The van der Waals surface area contributed by atoms with Gasteiger partial charge in [0.25, 0.3) is 0 Å². The number of hydrogen-bond donors (Lipinski definition) is 2. The number of nitrogens with one attached hydrogen (secondary N) is 2. The van der Waals surface area contributed by atoms with Crippen molar-refractivity contribution < 1.29 is 4.74 Å². The van der Waals surface area contributed by atoms with E-state index in [4.69, 9.17) is 4.74 Å². The van der Waals surface area contributed by atoms with Crippen LogP contribution in [0, 0.1) is 12.8 Å². The highest BCUT2D eigenvalue weighted by atomic mass is 32.2. The van der Waals surface area contributed by atoms with Crippen molar-refractivity contribution in [3.8, 4) is 5.75 Å². The molecule has 0 spiro atoms. The van der Waals surface area contributed by atoms with Gasteiger partial charge in [0.1, 0.15) is 6.61 Å². The lowest BCUT2D eigenvalue weighted by molar-refractivity contribution is 0.306. The number of pyridine rings is 1. The molecule has 0 unspecified atom stereocenters. The lowest BCUT2D eigenvalue weighted by Gasteiger charge is -2.22. The second-order valence-electron chi connectivity index (χ2n) is 7.22. The largest absolute Gasteiger partial charge is 0.485 e. The fourth-order valence-corrected chi connectivity index (χ4v) is 4.99. The van der Waals surface area contributed by atoms with Crippen LogP contribution in [0.5, 0.6) is 5.75 Å². The van der Waals surface area contributed by atoms with Crippen molar-refractivity contribution in [3.63, 3.8) is 0 Å². The SMILES string of the molecule is Cc1csc(Nc2ncc(SCC3CCNCC3)cc2OCc2ccccc2)n1. The second-order valence-corrected chi connectivity index (χ2v) is 9.17. The number of aryl methyl sites for hydroxylation is 1. The van der Waals surface area contributed by atoms with Crippen molar-refractivity contribution in [2.75, 3.05) is 24.2 Å². The van der Waals surface area contributed by atoms with E-state index in [1.54, 1.807) is 11.3 Å². The lowest BCUT2D eigenvalue weighted by atomic mass is 10.0. The Labute approximate surface area is 180 Å². The zero-order valence-electron chi connectivity index (χ0n) is 16.6. The third-order valence-corrected chi connectivity index (χ3v) is 6.92. The molecule has 2 N–H and O–H groups in total. The normalized spacial score (nSPS) is 14.7. The van der Waals surface area contributed by atoms with Gasteiger partial charge in [-0.2, -0.15) is 0 Å². The van der Waals surface area contributed by atoms with Gasteiger partial charge in [-0.1, -0.05) is 30.3 Å². The third-order valence-electron chi connectivity index (χ3n) is 4.85. The van der Waals surface area contributed by atoms with Crippen LogP contribution in [0.3, 0.4) is 0 Å². The van der Waals surface area contributed by atoms with E-state index in [1.807, 2.05) is 48.5 Å². The summed E-state index contributed by atoms with van der Waals surface area (Å²) < 4.78 is 6.16. The van der Waals surface area contributed by atoms with Crippen LogP contribution >= 0.6 is 23.1 Å². The fraction of sp³-hybridized carbons (Fsp3) is 0.364. The number of rotatable bonds is 8. The van der Waals surface area contributed by atoms with Gasteiger partial charge in [0.2, 0.25) is 0 Å². The van der Waals surface area contributed by atoms with Gasteiger partial charge in [-0.15, -0.1) is 23.1 Å². The molecule has 0 atom stereocenters. The van der Waals surface area contributed by atoms with Gasteiger partial charge in [0, 0.05) is 22.2 Å². The van der Waals surface area contributed by atoms with Gasteiger partial charge >= 0.3 is 0 Å². The molecule has 7 heteroatoms. The molecular formula is C22H26N4OS2. The molecule has 152 valence electrons. The summed E-state index contributed by atoms with van der Waals surface area (Å²) in [6, 6.07) is 12.3. The maximum Gasteiger partial charge on any atom is 0.188 e. The average molecular weight is 427 g/mol. The minimum absolute atomic E-state index is 0.510. The first kappa shape index (κ1) is 20.2. The third kappa shape index (κ3) is 5.95. The molecule has 0 bridgehead atoms. The van der Waals surface area contributed by atoms with E-state index in [2.05, 4.69) is 38.8 Å². The summed E-state index contributed by atoms with van der Waals surface area (Å²) in [4.78, 5) is 10.3. The van der Waals surface area contributed by atoms with Crippen LogP contribution in [0.15, 0.2) is 52.9 Å². The number of anilines is 2. The molecule has 3 aromatic rings. The van der Waals surface area contributed by atoms with E-state index in [9.17, 15) is 0 Å². The smallest absolute Gasteiger partial charge is 0.188 e. The first-order valence-electron chi connectivity index (χ1n) is 9.96. The maximum atomic E-state index is 6.16. The molecule has 0 aliphatic carbocycles. The van der Waals surface area contributed by atoms with Gasteiger partial charge in [-0.3, -0.25) is 0 Å². The predicted molar refractivity (Wildman–Crippen MR) is 121 cm³/mol. The number of thiazole rings is 1. The molecule has 1 aliphatic rings. The van der Waals surface area contributed by atoms with Crippen molar-refractivity contribution in [3.05, 3.63) is 59.2 Å². The quantitative estimate of drug-likeness (QED) is 0.479. The van der Waals surface area contributed by atoms with Crippen LogP contribution in [0.25, 0.3) is 0 Å². The van der Waals surface area contributed by atoms with Gasteiger partial charge < -0.3 is 15.4 Å². The number of benzene rings is 1. The number of piperidine rings is 1. The topological polar surface area (TPSA) is 59.1 Å². The van der Waals surface area contributed by atoms with Crippen LogP contribution in [0.2, 0.25) is 0 Å². The summed E-state index contributed by atoms with van der Waals surface area (Å²) in [5.74, 6) is 3.37. The lowest BCUT2D eigenvalue weighted by Crippen LogP contribution is -2.28. The first-order valence-corrected chi connectivity index (χ1v) is 11.8. The molecule has 29 heavy (non-hydrogen) atoms. The van der Waals surface area contributed by atoms with Gasteiger partial charge in [0.15, 0.2) is 16.7 Å². The van der Waals surface area contributed by atoms with Crippen molar-refractivity contribution in [2.45, 2.75) is 31.3 Å². The molecule has 0 saturated carbocycles. The highest BCUT2D eigenvalue weighted by Gasteiger charge is 2.15. The minimum atomic E-state index is 0.510. The van der Waals surface area contributed by atoms with Gasteiger partial charge in [-0.05, 0) is 50.4 Å². The van der Waals surface area contributed by atoms with Gasteiger partial charge in [0.05, 0.1) is 5.69 Å². The van der Waals surface area contributed by atoms with Crippen molar-refractivity contribution >= 4 is 34.0 Å². The van der Waals surface area contributed by atoms with Crippen LogP contribution in [0.1, 0.15) is 24.1 Å². The van der Waals surface area contributed by atoms with Crippen LogP contribution < -0.4 is 15.4 Å². The first-order chi connectivity index (χ1) is 14.3. The molecule has 1 saturated heterocycles. The maximum absolute atomic E-state index is 6.16. The molecule has 1 aromatic carbocycles. The Kier molecular flexibility index (Phi) is 7.03. The van der Waals surface area contributed by atoms with Gasteiger partial charge in [-0.25, -0.2) is 9.97 Å². The molecule has 1 fully saturated rings. The summed E-state index contributed by atoms with van der Waals surface area (Å²) in [5, 5.41) is 9.60. The number of ether oxygens (including phenoxy) is 1. The predicted octanol–water partition coefficient (Wildman–Crippen LogP) is 5.26. The molecular weight excluding hydrogens is 400 g/mol. The van der Waals surface area contributed by atoms with Crippen LogP contribution in [-0.4, -0.2) is 28.8 Å². The van der Waals surface area contributed by atoms with Crippen LogP contribution in [-0.2, 0) is 6.61 Å². The Morgan fingerprint density at radius 1 is 1.24 bits per heavy atom. The molecule has 0 radical (unpaired) electrons. The van der Waals surface area contributed by atoms with Crippen molar-refractivity contribution in [1.82, 2.24) is 15.3 Å². The summed E-state index contributed by atoms with van der Waals surface area (Å²) in [7, 11) is 0.